The zero-order chi connectivity index (χ0) is 13.4. The minimum atomic E-state index is -0.736. The van der Waals surface area contributed by atoms with Crippen LogP contribution in [-0.4, -0.2) is 13.1 Å². The molecule has 3 rings (SSSR count). The fraction of sp³-hybridized carbons (Fsp3) is 0.625. The molecule has 2 aliphatic rings. The van der Waals surface area contributed by atoms with Gasteiger partial charge in [0.25, 0.3) is 0 Å². The smallest absolute Gasteiger partial charge is 0.162 e. The SMILES string of the molecule is CNC(Cc1cccc(F)c1F)C1CC2CCC1C2. The van der Waals surface area contributed by atoms with Gasteiger partial charge < -0.3 is 5.32 Å². The molecule has 0 heterocycles. The molecule has 0 spiro atoms. The summed E-state index contributed by atoms with van der Waals surface area (Å²) < 4.78 is 27.0. The second-order valence-electron chi connectivity index (χ2n) is 6.15. The number of nitrogens with one attached hydrogen (secondary N) is 1. The molecule has 4 unspecified atom stereocenters. The molecule has 2 aliphatic carbocycles. The maximum atomic E-state index is 13.8. The van der Waals surface area contributed by atoms with E-state index in [0.717, 1.165) is 11.8 Å². The predicted molar refractivity (Wildman–Crippen MR) is 71.8 cm³/mol. The zero-order valence-corrected chi connectivity index (χ0v) is 11.3. The van der Waals surface area contributed by atoms with Crippen LogP contribution < -0.4 is 5.32 Å². The molecular weight excluding hydrogens is 244 g/mol. The monoisotopic (exact) mass is 265 g/mol. The fourth-order valence-electron chi connectivity index (χ4n) is 4.20. The molecule has 2 bridgehead atoms. The molecule has 2 saturated carbocycles. The minimum absolute atomic E-state index is 0.270. The second kappa shape index (κ2) is 5.20. The first kappa shape index (κ1) is 13.0. The largest absolute Gasteiger partial charge is 0.316 e. The van der Waals surface area contributed by atoms with Crippen molar-refractivity contribution in [2.24, 2.45) is 17.8 Å². The van der Waals surface area contributed by atoms with E-state index in [-0.39, 0.29) is 6.04 Å². The maximum absolute atomic E-state index is 13.8. The first-order valence-corrected chi connectivity index (χ1v) is 7.29. The number of rotatable bonds is 4. The highest BCUT2D eigenvalue weighted by molar-refractivity contribution is 5.20. The third kappa shape index (κ3) is 2.40. The first-order chi connectivity index (χ1) is 9.19. The summed E-state index contributed by atoms with van der Waals surface area (Å²) in [5.74, 6) is 0.889. The van der Waals surface area contributed by atoms with Crippen molar-refractivity contribution >= 4 is 0 Å². The fourth-order valence-corrected chi connectivity index (χ4v) is 4.20. The Bertz CT molecular complexity index is 460. The van der Waals surface area contributed by atoms with Gasteiger partial charge in [0, 0.05) is 6.04 Å². The van der Waals surface area contributed by atoms with Crippen LogP contribution in [0.1, 0.15) is 31.2 Å². The van der Waals surface area contributed by atoms with Gasteiger partial charge in [-0.15, -0.1) is 0 Å². The van der Waals surface area contributed by atoms with Gasteiger partial charge in [0.2, 0.25) is 0 Å². The van der Waals surface area contributed by atoms with Crippen molar-refractivity contribution in [3.8, 4) is 0 Å². The number of hydrogen-bond donors (Lipinski definition) is 1. The lowest BCUT2D eigenvalue weighted by Crippen LogP contribution is -2.38. The normalized spacial score (nSPS) is 30.8. The van der Waals surface area contributed by atoms with Crippen LogP contribution >= 0.6 is 0 Å². The summed E-state index contributed by atoms with van der Waals surface area (Å²) in [6.45, 7) is 0. The Morgan fingerprint density at radius 2 is 2.11 bits per heavy atom. The standard InChI is InChI=1S/C16H21F2N/c1-19-15(13-8-10-5-6-11(13)7-10)9-12-3-2-4-14(17)16(12)18/h2-4,10-11,13,15,19H,5-9H2,1H3. The molecule has 1 nitrogen and oxygen atoms in total. The van der Waals surface area contributed by atoms with E-state index >= 15 is 0 Å². The van der Waals surface area contributed by atoms with Gasteiger partial charge in [-0.2, -0.15) is 0 Å². The van der Waals surface area contributed by atoms with Crippen LogP contribution in [-0.2, 0) is 6.42 Å². The Hall–Kier alpha value is -0.960. The summed E-state index contributed by atoms with van der Waals surface area (Å²) in [4.78, 5) is 0. The lowest BCUT2D eigenvalue weighted by molar-refractivity contribution is 0.254. The van der Waals surface area contributed by atoms with Gasteiger partial charge in [0.15, 0.2) is 11.6 Å². The van der Waals surface area contributed by atoms with Gasteiger partial charge in [0.05, 0.1) is 0 Å². The van der Waals surface area contributed by atoms with Crippen molar-refractivity contribution in [3.05, 3.63) is 35.4 Å². The van der Waals surface area contributed by atoms with Crippen molar-refractivity contribution in [1.29, 1.82) is 0 Å². The highest BCUT2D eigenvalue weighted by Crippen LogP contribution is 2.49. The van der Waals surface area contributed by atoms with E-state index in [2.05, 4.69) is 5.32 Å². The molecule has 0 radical (unpaired) electrons. The van der Waals surface area contributed by atoms with E-state index in [9.17, 15) is 8.78 Å². The van der Waals surface area contributed by atoms with Gasteiger partial charge in [-0.05, 0) is 62.1 Å². The number of halogens is 2. The molecule has 0 aliphatic heterocycles. The quantitative estimate of drug-likeness (QED) is 0.878. The molecular formula is C16H21F2N. The average molecular weight is 265 g/mol. The molecule has 19 heavy (non-hydrogen) atoms. The zero-order valence-electron chi connectivity index (χ0n) is 11.3. The van der Waals surface area contributed by atoms with Gasteiger partial charge in [-0.1, -0.05) is 18.6 Å². The lowest BCUT2D eigenvalue weighted by Gasteiger charge is -2.30. The van der Waals surface area contributed by atoms with E-state index in [1.54, 1.807) is 12.1 Å². The lowest BCUT2D eigenvalue weighted by atomic mass is 9.81. The van der Waals surface area contributed by atoms with Crippen molar-refractivity contribution in [2.75, 3.05) is 7.05 Å². The summed E-state index contributed by atoms with van der Waals surface area (Å²) in [5, 5.41) is 3.33. The van der Waals surface area contributed by atoms with Crippen LogP contribution in [0.5, 0.6) is 0 Å². The highest BCUT2D eigenvalue weighted by atomic mass is 19.2. The minimum Gasteiger partial charge on any atom is -0.316 e. The third-order valence-electron chi connectivity index (χ3n) is 5.15. The molecule has 0 aromatic heterocycles. The summed E-state index contributed by atoms with van der Waals surface area (Å²) >= 11 is 0. The molecule has 1 aromatic rings. The Morgan fingerprint density at radius 3 is 2.74 bits per heavy atom. The summed E-state index contributed by atoms with van der Waals surface area (Å²) in [5.41, 5.74) is 0.502. The van der Waals surface area contributed by atoms with Gasteiger partial charge in [-0.3, -0.25) is 0 Å². The molecule has 4 atom stereocenters. The molecule has 0 amide bonds. The summed E-state index contributed by atoms with van der Waals surface area (Å²) in [7, 11) is 1.94. The Morgan fingerprint density at radius 1 is 1.26 bits per heavy atom. The molecule has 2 fully saturated rings. The topological polar surface area (TPSA) is 12.0 Å². The Balaban J connectivity index is 1.75. The van der Waals surface area contributed by atoms with Crippen molar-refractivity contribution < 1.29 is 8.78 Å². The Labute approximate surface area is 113 Å². The van der Waals surface area contributed by atoms with E-state index in [4.69, 9.17) is 0 Å². The number of hydrogen-bond acceptors (Lipinski definition) is 1. The van der Waals surface area contributed by atoms with E-state index in [1.807, 2.05) is 7.05 Å². The molecule has 1 aromatic carbocycles. The van der Waals surface area contributed by atoms with Gasteiger partial charge in [-0.25, -0.2) is 8.78 Å². The van der Waals surface area contributed by atoms with Gasteiger partial charge in [0.1, 0.15) is 0 Å². The number of fused-ring (bicyclic) bond motifs is 2. The molecule has 104 valence electrons. The van der Waals surface area contributed by atoms with Crippen LogP contribution in [0.2, 0.25) is 0 Å². The van der Waals surface area contributed by atoms with E-state index < -0.39 is 11.6 Å². The van der Waals surface area contributed by atoms with Crippen molar-refractivity contribution in [2.45, 2.75) is 38.1 Å². The van der Waals surface area contributed by atoms with E-state index in [1.165, 1.54) is 31.7 Å². The van der Waals surface area contributed by atoms with Crippen LogP contribution in [0.25, 0.3) is 0 Å². The molecule has 3 heteroatoms. The first-order valence-electron chi connectivity index (χ1n) is 7.29. The van der Waals surface area contributed by atoms with Crippen LogP contribution in [0.4, 0.5) is 8.78 Å². The molecule has 0 saturated heterocycles. The van der Waals surface area contributed by atoms with Crippen LogP contribution in [0, 0.1) is 29.4 Å². The molecule has 1 N–H and O–H groups in total. The Kier molecular flexibility index (Phi) is 3.57. The summed E-state index contributed by atoms with van der Waals surface area (Å²) in [6.07, 6.45) is 5.88. The number of benzene rings is 1. The third-order valence-corrected chi connectivity index (χ3v) is 5.15. The van der Waals surface area contributed by atoms with Gasteiger partial charge >= 0.3 is 0 Å². The highest BCUT2D eigenvalue weighted by Gasteiger charge is 2.42. The average Bonchev–Trinajstić information content (AvgIpc) is 3.03. The van der Waals surface area contributed by atoms with Crippen molar-refractivity contribution in [1.82, 2.24) is 5.32 Å². The summed E-state index contributed by atoms with van der Waals surface area (Å²) in [6, 6.07) is 4.76. The maximum Gasteiger partial charge on any atom is 0.162 e. The van der Waals surface area contributed by atoms with E-state index in [0.29, 0.717) is 17.9 Å². The van der Waals surface area contributed by atoms with Crippen LogP contribution in [0.15, 0.2) is 18.2 Å². The van der Waals surface area contributed by atoms with Crippen LogP contribution in [0.3, 0.4) is 0 Å². The van der Waals surface area contributed by atoms with Crippen molar-refractivity contribution in [3.63, 3.8) is 0 Å². The second-order valence-corrected chi connectivity index (χ2v) is 6.15. The predicted octanol–water partition coefficient (Wildman–Crippen LogP) is 3.53. The number of likely N-dealkylation sites (N-methyl/N-ethyl adjacent to an activating group) is 1.